The quantitative estimate of drug-likeness (QED) is 0.547. The van der Waals surface area contributed by atoms with Crippen LogP contribution in [0.5, 0.6) is 0 Å². The molecule has 1 aromatic rings. The minimum atomic E-state index is -0.142. The van der Waals surface area contributed by atoms with Gasteiger partial charge in [0.2, 0.25) is 0 Å². The number of nitrogens with zero attached hydrogens (tertiary/aromatic N) is 3. The first-order valence-electron chi connectivity index (χ1n) is 10.2. The summed E-state index contributed by atoms with van der Waals surface area (Å²) in [7, 11) is 0. The minimum absolute atomic E-state index is 0.142. The van der Waals surface area contributed by atoms with Crippen molar-refractivity contribution in [3.8, 4) is 0 Å². The van der Waals surface area contributed by atoms with E-state index in [1.165, 1.54) is 16.7 Å². The second-order valence-electron chi connectivity index (χ2n) is 7.39. The van der Waals surface area contributed by atoms with E-state index in [4.69, 9.17) is 4.99 Å². The van der Waals surface area contributed by atoms with E-state index in [1.807, 2.05) is 0 Å². The van der Waals surface area contributed by atoms with Crippen LogP contribution in [0.1, 0.15) is 24.8 Å². The number of benzene rings is 1. The first kappa shape index (κ1) is 21.7. The van der Waals surface area contributed by atoms with E-state index in [0.29, 0.717) is 6.54 Å². The zero-order valence-electron chi connectivity index (χ0n) is 16.9. The Morgan fingerprint density at radius 1 is 1.07 bits per heavy atom. The van der Waals surface area contributed by atoms with Gasteiger partial charge in [0.15, 0.2) is 0 Å². The van der Waals surface area contributed by atoms with Crippen molar-refractivity contribution in [2.24, 2.45) is 4.99 Å². The largest absolute Gasteiger partial charge is 0.355 e. The Labute approximate surface area is 182 Å². The molecule has 0 aromatic heterocycles. The number of rotatable bonds is 3. The van der Waals surface area contributed by atoms with Gasteiger partial charge in [-0.1, -0.05) is 34.1 Å². The second-order valence-corrected chi connectivity index (χ2v) is 8.31. The molecule has 0 aliphatic carbocycles. The van der Waals surface area contributed by atoms with Crippen LogP contribution in [0, 0.1) is 0 Å². The third-order valence-electron chi connectivity index (χ3n) is 5.46. The third kappa shape index (κ3) is 6.00. The highest BCUT2D eigenvalue weighted by molar-refractivity contribution is 9.10. The zero-order valence-corrected chi connectivity index (χ0v) is 18.5. The highest BCUT2D eigenvalue weighted by Gasteiger charge is 2.22. The molecule has 0 spiro atoms. The van der Waals surface area contributed by atoms with E-state index >= 15 is 0 Å². The van der Waals surface area contributed by atoms with Gasteiger partial charge in [-0.05, 0) is 60.3 Å². The summed E-state index contributed by atoms with van der Waals surface area (Å²) in [5.41, 5.74) is 3.91. The normalized spacial score (nSPS) is 23.6. The number of hydrogen-bond acceptors (Lipinski definition) is 3. The van der Waals surface area contributed by atoms with Crippen molar-refractivity contribution >= 4 is 27.3 Å². The van der Waals surface area contributed by atoms with Gasteiger partial charge in [0.25, 0.3) is 0 Å². The van der Waals surface area contributed by atoms with Crippen LogP contribution in [0.4, 0.5) is 4.39 Å². The van der Waals surface area contributed by atoms with Crippen LogP contribution in [0.3, 0.4) is 0 Å². The first-order chi connectivity index (χ1) is 14.2. The molecular weight excluding hydrogens is 429 g/mol. The Morgan fingerprint density at radius 3 is 2.59 bits per heavy atom. The topological polar surface area (TPSA) is 18.8 Å². The van der Waals surface area contributed by atoms with E-state index < -0.39 is 0 Å². The SMILES string of the molecule is C=C.FC1=C/CN=C(CN2CC=C(c3ccc(Br)cc3)CC2)N2CCC\C(=C\1)C2. The maximum absolute atomic E-state index is 13.9. The minimum Gasteiger partial charge on any atom is -0.355 e. The Balaban J connectivity index is 0.00000117. The van der Waals surface area contributed by atoms with Gasteiger partial charge >= 0.3 is 0 Å². The molecule has 1 saturated heterocycles. The van der Waals surface area contributed by atoms with Crippen LogP contribution in [-0.4, -0.2) is 54.9 Å². The van der Waals surface area contributed by atoms with Crippen molar-refractivity contribution in [1.29, 1.82) is 0 Å². The van der Waals surface area contributed by atoms with Crippen LogP contribution in [0.15, 0.2) is 76.5 Å². The summed E-state index contributed by atoms with van der Waals surface area (Å²) < 4.78 is 15.0. The highest BCUT2D eigenvalue weighted by atomic mass is 79.9. The fourth-order valence-electron chi connectivity index (χ4n) is 3.96. The highest BCUT2D eigenvalue weighted by Crippen LogP contribution is 2.25. The van der Waals surface area contributed by atoms with Gasteiger partial charge in [0, 0.05) is 30.7 Å². The summed E-state index contributed by atoms with van der Waals surface area (Å²) in [4.78, 5) is 9.51. The molecule has 1 aromatic carbocycles. The third-order valence-corrected chi connectivity index (χ3v) is 5.99. The van der Waals surface area contributed by atoms with Crippen LogP contribution >= 0.6 is 15.9 Å². The van der Waals surface area contributed by atoms with Gasteiger partial charge in [-0.25, -0.2) is 4.39 Å². The molecule has 2 bridgehead atoms. The van der Waals surface area contributed by atoms with Crippen molar-refractivity contribution in [3.05, 3.63) is 77.1 Å². The number of aliphatic imine (C=N–C) groups is 1. The maximum atomic E-state index is 13.9. The van der Waals surface area contributed by atoms with Crippen molar-refractivity contribution in [3.63, 3.8) is 0 Å². The molecule has 0 amide bonds. The molecule has 29 heavy (non-hydrogen) atoms. The van der Waals surface area contributed by atoms with Crippen molar-refractivity contribution in [1.82, 2.24) is 9.80 Å². The molecule has 0 N–H and O–H groups in total. The lowest BCUT2D eigenvalue weighted by molar-refractivity contribution is 0.314. The standard InChI is InChI=1S/C22H25BrFN3.C2H4/c23-20-5-3-18(4-6-20)19-8-12-26(13-9-19)16-22-25-10-7-21(24)14-17-2-1-11-27(22)15-17;1-2/h3-8,14H,1-2,9-13,15-16H2;1-2H2/b17-14-,21-7+,25-22?;. The van der Waals surface area contributed by atoms with Gasteiger partial charge < -0.3 is 4.90 Å². The van der Waals surface area contributed by atoms with Gasteiger partial charge in [-0.3, -0.25) is 9.89 Å². The van der Waals surface area contributed by atoms with Gasteiger partial charge in [-0.2, -0.15) is 0 Å². The average molecular weight is 458 g/mol. The summed E-state index contributed by atoms with van der Waals surface area (Å²) in [6, 6.07) is 8.55. The molecule has 3 aliphatic heterocycles. The molecule has 1 fully saturated rings. The molecule has 0 saturated carbocycles. The lowest BCUT2D eigenvalue weighted by atomic mass is 9.99. The Hall–Kier alpha value is -1.98. The maximum Gasteiger partial charge on any atom is 0.121 e. The van der Waals surface area contributed by atoms with E-state index in [-0.39, 0.29) is 5.83 Å². The van der Waals surface area contributed by atoms with E-state index in [2.05, 4.69) is 69.2 Å². The molecule has 3 heterocycles. The molecule has 154 valence electrons. The predicted molar refractivity (Wildman–Crippen MR) is 125 cm³/mol. The van der Waals surface area contributed by atoms with Gasteiger partial charge in [0.1, 0.15) is 11.7 Å². The first-order valence-corrected chi connectivity index (χ1v) is 11.0. The molecule has 3 nitrogen and oxygen atoms in total. The van der Waals surface area contributed by atoms with Crippen molar-refractivity contribution in [2.75, 3.05) is 39.3 Å². The molecule has 0 unspecified atom stereocenters. The monoisotopic (exact) mass is 457 g/mol. The number of allylic oxidation sites excluding steroid dienone is 2. The lowest BCUT2D eigenvalue weighted by Crippen LogP contribution is -2.44. The molecular formula is C24H29BrFN3. The smallest absolute Gasteiger partial charge is 0.121 e. The van der Waals surface area contributed by atoms with E-state index in [9.17, 15) is 4.39 Å². The molecule has 4 rings (SSSR count). The molecule has 5 heteroatoms. The van der Waals surface area contributed by atoms with Gasteiger partial charge in [-0.15, -0.1) is 13.2 Å². The lowest BCUT2D eigenvalue weighted by Gasteiger charge is -2.35. The zero-order chi connectivity index (χ0) is 20.6. The fourth-order valence-corrected chi connectivity index (χ4v) is 4.23. The summed E-state index contributed by atoms with van der Waals surface area (Å²) in [5, 5.41) is 0. The van der Waals surface area contributed by atoms with Crippen LogP contribution in [0.2, 0.25) is 0 Å². The summed E-state index contributed by atoms with van der Waals surface area (Å²) >= 11 is 3.50. The second kappa shape index (κ2) is 10.7. The fraction of sp³-hybridized carbons (Fsp3) is 0.375. The van der Waals surface area contributed by atoms with Crippen molar-refractivity contribution in [2.45, 2.75) is 19.3 Å². The Bertz CT molecular complexity index is 823. The summed E-state index contributed by atoms with van der Waals surface area (Å²) in [6.07, 6.45) is 8.76. The number of piperidine rings is 1. The van der Waals surface area contributed by atoms with Crippen LogP contribution < -0.4 is 0 Å². The number of halogens is 2. The Kier molecular flexibility index (Phi) is 8.01. The Morgan fingerprint density at radius 2 is 1.86 bits per heavy atom. The molecule has 0 atom stereocenters. The van der Waals surface area contributed by atoms with Gasteiger partial charge in [0.05, 0.1) is 13.1 Å². The number of fused-ring (bicyclic) bond motifs is 2. The predicted octanol–water partition coefficient (Wildman–Crippen LogP) is 5.63. The van der Waals surface area contributed by atoms with E-state index in [1.54, 1.807) is 12.2 Å². The number of amidine groups is 1. The van der Waals surface area contributed by atoms with E-state index in [0.717, 1.165) is 62.3 Å². The molecule has 3 aliphatic rings. The number of hydrogen-bond donors (Lipinski definition) is 0. The van der Waals surface area contributed by atoms with Crippen LogP contribution in [0.25, 0.3) is 5.57 Å². The van der Waals surface area contributed by atoms with Crippen molar-refractivity contribution < 1.29 is 4.39 Å². The summed E-state index contributed by atoms with van der Waals surface area (Å²) in [6.45, 7) is 11.1. The molecule has 0 radical (unpaired) electrons. The van der Waals surface area contributed by atoms with Crippen LogP contribution in [-0.2, 0) is 0 Å². The average Bonchev–Trinajstić information content (AvgIpc) is 2.80. The summed E-state index contributed by atoms with van der Waals surface area (Å²) in [5.74, 6) is 0.962.